The normalized spacial score (nSPS) is 11.5. The summed E-state index contributed by atoms with van der Waals surface area (Å²) >= 11 is 0. The molecule has 0 bridgehead atoms. The lowest BCUT2D eigenvalue weighted by Crippen LogP contribution is -2.35. The molecule has 21 heavy (non-hydrogen) atoms. The van der Waals surface area contributed by atoms with Crippen LogP contribution in [0, 0.1) is 0 Å². The maximum Gasteiger partial charge on any atom is 0.119 e. The largest absolute Gasteiger partial charge is 0.366 e. The van der Waals surface area contributed by atoms with Crippen molar-refractivity contribution in [3.8, 4) is 0 Å². The maximum absolute atomic E-state index is 6.31. The number of hydrogen-bond acceptors (Lipinski definition) is 2. The Morgan fingerprint density at radius 3 is 1.81 bits per heavy atom. The Morgan fingerprint density at radius 2 is 1.38 bits per heavy atom. The zero-order chi connectivity index (χ0) is 15.0. The van der Waals surface area contributed by atoms with Crippen molar-refractivity contribution in [1.82, 2.24) is 5.32 Å². The van der Waals surface area contributed by atoms with Gasteiger partial charge in [0, 0.05) is 6.61 Å². The predicted molar refractivity (Wildman–Crippen MR) is 88.5 cm³/mol. The molecule has 0 aliphatic heterocycles. The van der Waals surface area contributed by atoms with Gasteiger partial charge in [0.25, 0.3) is 0 Å². The second-order valence-corrected chi connectivity index (χ2v) is 5.10. The molecule has 0 aliphatic carbocycles. The first kappa shape index (κ1) is 15.7. The van der Waals surface area contributed by atoms with Crippen LogP contribution < -0.4 is 5.32 Å². The molecule has 2 aromatic rings. The zero-order valence-electron chi connectivity index (χ0n) is 13.0. The first-order chi connectivity index (χ1) is 10.3. The predicted octanol–water partition coefficient (Wildman–Crippen LogP) is 3.97. The minimum atomic E-state index is -0.376. The summed E-state index contributed by atoms with van der Waals surface area (Å²) in [6.07, 6.45) is 0.919. The zero-order valence-corrected chi connectivity index (χ0v) is 13.0. The Bertz CT molecular complexity index is 470. The molecule has 0 aromatic heterocycles. The van der Waals surface area contributed by atoms with E-state index in [-0.39, 0.29) is 5.60 Å². The molecule has 112 valence electrons. The van der Waals surface area contributed by atoms with Crippen LogP contribution in [0.3, 0.4) is 0 Å². The van der Waals surface area contributed by atoms with E-state index in [1.165, 1.54) is 11.1 Å². The molecule has 0 spiro atoms. The van der Waals surface area contributed by atoms with Crippen LogP contribution >= 0.6 is 0 Å². The fourth-order valence-corrected chi connectivity index (χ4v) is 2.80. The molecule has 1 N–H and O–H groups in total. The van der Waals surface area contributed by atoms with Crippen molar-refractivity contribution in [2.75, 3.05) is 19.7 Å². The highest BCUT2D eigenvalue weighted by Crippen LogP contribution is 2.36. The second kappa shape index (κ2) is 7.96. The molecule has 0 saturated carbocycles. The van der Waals surface area contributed by atoms with Crippen LogP contribution in [0.2, 0.25) is 0 Å². The SMILES string of the molecule is CCNCCC(OCC)(c1ccccc1)c1ccccc1. The van der Waals surface area contributed by atoms with E-state index in [2.05, 4.69) is 79.8 Å². The molecule has 2 aromatic carbocycles. The van der Waals surface area contributed by atoms with Crippen molar-refractivity contribution < 1.29 is 4.74 Å². The van der Waals surface area contributed by atoms with Gasteiger partial charge in [-0.1, -0.05) is 67.6 Å². The van der Waals surface area contributed by atoms with Gasteiger partial charge in [-0.05, 0) is 37.6 Å². The van der Waals surface area contributed by atoms with Gasteiger partial charge < -0.3 is 10.1 Å². The van der Waals surface area contributed by atoms with Crippen LogP contribution in [0.1, 0.15) is 31.4 Å². The lowest BCUT2D eigenvalue weighted by molar-refractivity contribution is -0.0171. The summed E-state index contributed by atoms with van der Waals surface area (Å²) in [7, 11) is 0. The van der Waals surface area contributed by atoms with Gasteiger partial charge in [0.05, 0.1) is 0 Å². The van der Waals surface area contributed by atoms with Crippen molar-refractivity contribution in [3.05, 3.63) is 71.8 Å². The second-order valence-electron chi connectivity index (χ2n) is 5.10. The maximum atomic E-state index is 6.31. The Balaban J connectivity index is 2.44. The smallest absolute Gasteiger partial charge is 0.119 e. The number of nitrogens with one attached hydrogen (secondary N) is 1. The molecule has 0 heterocycles. The fraction of sp³-hybridized carbons (Fsp3) is 0.368. The topological polar surface area (TPSA) is 21.3 Å². The summed E-state index contributed by atoms with van der Waals surface area (Å²) in [5.74, 6) is 0. The Labute approximate surface area is 128 Å². The highest BCUT2D eigenvalue weighted by atomic mass is 16.5. The summed E-state index contributed by atoms with van der Waals surface area (Å²) < 4.78 is 6.31. The number of ether oxygens (including phenoxy) is 1. The molecule has 0 aliphatic rings. The van der Waals surface area contributed by atoms with Crippen molar-refractivity contribution in [1.29, 1.82) is 0 Å². The van der Waals surface area contributed by atoms with Crippen LogP contribution in [-0.2, 0) is 10.3 Å². The third-order valence-electron chi connectivity index (χ3n) is 3.77. The van der Waals surface area contributed by atoms with E-state index in [1.54, 1.807) is 0 Å². The van der Waals surface area contributed by atoms with Crippen molar-refractivity contribution in [3.63, 3.8) is 0 Å². The Morgan fingerprint density at radius 1 is 0.857 bits per heavy atom. The first-order valence-electron chi connectivity index (χ1n) is 7.79. The molecule has 2 nitrogen and oxygen atoms in total. The third-order valence-corrected chi connectivity index (χ3v) is 3.77. The molecule has 0 fully saturated rings. The van der Waals surface area contributed by atoms with Crippen molar-refractivity contribution in [2.45, 2.75) is 25.9 Å². The van der Waals surface area contributed by atoms with E-state index in [0.717, 1.165) is 19.5 Å². The van der Waals surface area contributed by atoms with E-state index in [1.807, 2.05) is 0 Å². The summed E-state index contributed by atoms with van der Waals surface area (Å²) in [6, 6.07) is 21.1. The van der Waals surface area contributed by atoms with E-state index < -0.39 is 0 Å². The van der Waals surface area contributed by atoms with Crippen LogP contribution in [0.4, 0.5) is 0 Å². The third kappa shape index (κ3) is 3.72. The standard InChI is InChI=1S/C19H25NO/c1-3-20-16-15-19(21-4-2,17-11-7-5-8-12-17)18-13-9-6-10-14-18/h5-14,20H,3-4,15-16H2,1-2H3. The Kier molecular flexibility index (Phi) is 5.97. The number of rotatable bonds is 8. The summed E-state index contributed by atoms with van der Waals surface area (Å²) in [4.78, 5) is 0. The van der Waals surface area contributed by atoms with Crippen LogP contribution in [0.15, 0.2) is 60.7 Å². The molecular weight excluding hydrogens is 258 g/mol. The van der Waals surface area contributed by atoms with Gasteiger partial charge in [0.2, 0.25) is 0 Å². The van der Waals surface area contributed by atoms with Gasteiger partial charge >= 0.3 is 0 Å². The quantitative estimate of drug-likeness (QED) is 0.740. The van der Waals surface area contributed by atoms with Crippen LogP contribution in [0.5, 0.6) is 0 Å². The van der Waals surface area contributed by atoms with Crippen molar-refractivity contribution >= 4 is 0 Å². The average Bonchev–Trinajstić information content (AvgIpc) is 2.56. The first-order valence-corrected chi connectivity index (χ1v) is 7.79. The number of hydrogen-bond donors (Lipinski definition) is 1. The average molecular weight is 283 g/mol. The van der Waals surface area contributed by atoms with Gasteiger partial charge in [0.1, 0.15) is 5.60 Å². The van der Waals surface area contributed by atoms with Gasteiger partial charge in [-0.25, -0.2) is 0 Å². The molecule has 2 heteroatoms. The summed E-state index contributed by atoms with van der Waals surface area (Å²) in [5, 5.41) is 3.42. The molecule has 0 amide bonds. The van der Waals surface area contributed by atoms with E-state index in [9.17, 15) is 0 Å². The molecule has 2 rings (SSSR count). The molecule has 0 atom stereocenters. The highest BCUT2D eigenvalue weighted by Gasteiger charge is 2.34. The summed E-state index contributed by atoms with van der Waals surface area (Å²) in [6.45, 7) is 6.79. The highest BCUT2D eigenvalue weighted by molar-refractivity contribution is 5.36. The van der Waals surface area contributed by atoms with Gasteiger partial charge in [0.15, 0.2) is 0 Å². The van der Waals surface area contributed by atoms with E-state index >= 15 is 0 Å². The molecule has 0 radical (unpaired) electrons. The molecule has 0 saturated heterocycles. The lowest BCUT2D eigenvalue weighted by atomic mass is 9.83. The van der Waals surface area contributed by atoms with Gasteiger partial charge in [-0.2, -0.15) is 0 Å². The molecular formula is C19H25NO. The minimum Gasteiger partial charge on any atom is -0.366 e. The summed E-state index contributed by atoms with van der Waals surface area (Å²) in [5.41, 5.74) is 2.06. The van der Waals surface area contributed by atoms with E-state index in [0.29, 0.717) is 6.61 Å². The minimum absolute atomic E-state index is 0.376. The van der Waals surface area contributed by atoms with Gasteiger partial charge in [-0.3, -0.25) is 0 Å². The van der Waals surface area contributed by atoms with Crippen LogP contribution in [-0.4, -0.2) is 19.7 Å². The van der Waals surface area contributed by atoms with Crippen molar-refractivity contribution in [2.24, 2.45) is 0 Å². The van der Waals surface area contributed by atoms with Crippen LogP contribution in [0.25, 0.3) is 0 Å². The fourth-order valence-electron chi connectivity index (χ4n) is 2.80. The monoisotopic (exact) mass is 283 g/mol. The molecule has 0 unspecified atom stereocenters. The Hall–Kier alpha value is -1.64. The lowest BCUT2D eigenvalue weighted by Gasteiger charge is -2.35. The number of benzene rings is 2. The van der Waals surface area contributed by atoms with E-state index in [4.69, 9.17) is 4.74 Å². The van der Waals surface area contributed by atoms with Gasteiger partial charge in [-0.15, -0.1) is 0 Å².